The van der Waals surface area contributed by atoms with Gasteiger partial charge in [0, 0.05) is 29.7 Å². The van der Waals surface area contributed by atoms with Crippen molar-refractivity contribution < 1.29 is 5.11 Å². The van der Waals surface area contributed by atoms with Crippen LogP contribution < -0.4 is 11.1 Å². The third kappa shape index (κ3) is 3.73. The minimum atomic E-state index is 0.133. The van der Waals surface area contributed by atoms with Crippen LogP contribution in [0.5, 0.6) is 5.75 Å². The fourth-order valence-electron chi connectivity index (χ4n) is 3.76. The number of aromatic hydroxyl groups is 1. The van der Waals surface area contributed by atoms with Gasteiger partial charge in [-0.2, -0.15) is 0 Å². The van der Waals surface area contributed by atoms with E-state index in [9.17, 15) is 5.11 Å². The Morgan fingerprint density at radius 1 is 1.15 bits per heavy atom. The fraction of sp³-hybridized carbons (Fsp3) is 0.318. The van der Waals surface area contributed by atoms with Crippen LogP contribution in [0.15, 0.2) is 36.5 Å². The summed E-state index contributed by atoms with van der Waals surface area (Å²) in [5, 5.41) is 15.0. The van der Waals surface area contributed by atoms with E-state index < -0.39 is 0 Å². The summed E-state index contributed by atoms with van der Waals surface area (Å²) >= 11 is 6.17. The van der Waals surface area contributed by atoms with E-state index >= 15 is 0 Å². The first-order valence-electron chi connectivity index (χ1n) is 9.33. The number of rotatable bonds is 3. The fourth-order valence-corrected chi connectivity index (χ4v) is 4.03. The highest BCUT2D eigenvalue weighted by atomic mass is 35.5. The molecule has 0 saturated heterocycles. The Bertz CT molecular complexity index is 957. The van der Waals surface area contributed by atoms with E-state index in [4.69, 9.17) is 17.3 Å². The van der Waals surface area contributed by atoms with Crippen LogP contribution in [-0.4, -0.2) is 22.2 Å². The summed E-state index contributed by atoms with van der Waals surface area (Å²) in [6.07, 6.45) is 5.98. The topological polar surface area (TPSA) is 71.2 Å². The average Bonchev–Trinajstić information content (AvgIpc) is 2.67. The monoisotopic (exact) mass is 380 g/mol. The Morgan fingerprint density at radius 3 is 2.67 bits per heavy atom. The Balaban J connectivity index is 1.71. The predicted octanol–water partition coefficient (Wildman–Crippen LogP) is 5.05. The summed E-state index contributed by atoms with van der Waals surface area (Å²) in [7, 11) is 0. The van der Waals surface area contributed by atoms with Crippen LogP contribution in [0.3, 0.4) is 0 Å². The number of hydrogen-bond acceptors (Lipinski definition) is 4. The molecule has 0 atom stereocenters. The van der Waals surface area contributed by atoms with Gasteiger partial charge in [0.25, 0.3) is 0 Å². The highest BCUT2D eigenvalue weighted by molar-refractivity contribution is 6.32. The zero-order chi connectivity index (χ0) is 19.0. The molecule has 0 bridgehead atoms. The lowest BCUT2D eigenvalue weighted by molar-refractivity contribution is 0.411. The Kier molecular flexibility index (Phi) is 4.94. The predicted molar refractivity (Wildman–Crippen MR) is 111 cm³/mol. The molecule has 2 aromatic carbocycles. The maximum Gasteiger partial charge on any atom is 0.137 e. The lowest BCUT2D eigenvalue weighted by Crippen LogP contribution is -2.32. The molecular weight excluding hydrogens is 358 g/mol. The van der Waals surface area contributed by atoms with Crippen LogP contribution in [0.25, 0.3) is 22.0 Å². The third-order valence-corrected chi connectivity index (χ3v) is 5.67. The maximum atomic E-state index is 9.93. The van der Waals surface area contributed by atoms with E-state index in [2.05, 4.69) is 22.4 Å². The standard InChI is InChI=1S/C22H23ClN3O/c1-13-10-15(12-19(23)22(13)27)14-2-7-20-18(11-14)21(8-9-25-20)26-17-5-3-16(24)4-6-17/h2,7,9-12,16-17,27H,3-6,24H2,1H3,(H,25,26). The van der Waals surface area contributed by atoms with Gasteiger partial charge < -0.3 is 16.2 Å². The van der Waals surface area contributed by atoms with Crippen LogP contribution in [-0.2, 0) is 0 Å². The first-order chi connectivity index (χ1) is 13.0. The van der Waals surface area contributed by atoms with Gasteiger partial charge in [0.1, 0.15) is 5.75 Å². The molecular formula is C22H23ClN3O. The summed E-state index contributed by atoms with van der Waals surface area (Å²) < 4.78 is 0. The van der Waals surface area contributed by atoms with Crippen LogP contribution in [0.4, 0.5) is 5.69 Å². The molecule has 0 unspecified atom stereocenters. The second kappa shape index (κ2) is 7.37. The van der Waals surface area contributed by atoms with Gasteiger partial charge in [-0.3, -0.25) is 4.98 Å². The van der Waals surface area contributed by atoms with Gasteiger partial charge in [-0.25, -0.2) is 0 Å². The number of phenolic OH excluding ortho intramolecular Hbond substituents is 1. The SMILES string of the molecule is Cc1cc(-c2ccc3nc[c]c(NC4CCC(N)CC4)c3c2)cc(Cl)c1O. The van der Waals surface area contributed by atoms with Crippen molar-refractivity contribution in [1.82, 2.24) is 4.98 Å². The van der Waals surface area contributed by atoms with E-state index in [-0.39, 0.29) is 5.75 Å². The van der Waals surface area contributed by atoms with Gasteiger partial charge in [0.2, 0.25) is 0 Å². The molecule has 1 radical (unpaired) electrons. The molecule has 0 aliphatic heterocycles. The van der Waals surface area contributed by atoms with Crippen molar-refractivity contribution in [2.45, 2.75) is 44.7 Å². The zero-order valence-electron chi connectivity index (χ0n) is 15.3. The third-order valence-electron chi connectivity index (χ3n) is 5.39. The van der Waals surface area contributed by atoms with Gasteiger partial charge in [-0.15, -0.1) is 0 Å². The normalized spacial score (nSPS) is 20.0. The molecule has 1 fully saturated rings. The van der Waals surface area contributed by atoms with Crippen LogP contribution >= 0.6 is 11.6 Å². The minimum absolute atomic E-state index is 0.133. The number of benzene rings is 2. The van der Waals surface area contributed by atoms with Crippen molar-refractivity contribution in [1.29, 1.82) is 0 Å². The molecule has 1 aromatic heterocycles. The van der Waals surface area contributed by atoms with Gasteiger partial charge in [-0.05, 0) is 73.6 Å². The number of phenols is 1. The molecule has 139 valence electrons. The smallest absolute Gasteiger partial charge is 0.137 e. The number of hydrogen-bond donors (Lipinski definition) is 3. The van der Waals surface area contributed by atoms with Crippen LogP contribution in [0.2, 0.25) is 5.02 Å². The number of aryl methyl sites for hydroxylation is 1. The number of nitrogens with zero attached hydrogens (tertiary/aromatic N) is 1. The van der Waals surface area contributed by atoms with Gasteiger partial charge in [0.05, 0.1) is 16.2 Å². The number of fused-ring (bicyclic) bond motifs is 1. The lowest BCUT2D eigenvalue weighted by atomic mass is 9.91. The summed E-state index contributed by atoms with van der Waals surface area (Å²) in [4.78, 5) is 4.45. The van der Waals surface area contributed by atoms with E-state index in [1.807, 2.05) is 25.1 Å². The molecule has 3 aromatic rings. The number of pyridine rings is 1. The Hall–Kier alpha value is -2.30. The van der Waals surface area contributed by atoms with E-state index in [1.54, 1.807) is 12.3 Å². The zero-order valence-corrected chi connectivity index (χ0v) is 16.1. The molecule has 4 rings (SSSR count). The van der Waals surface area contributed by atoms with Crippen molar-refractivity contribution in [3.05, 3.63) is 53.2 Å². The highest BCUT2D eigenvalue weighted by Crippen LogP contribution is 2.35. The summed E-state index contributed by atoms with van der Waals surface area (Å²) in [5.74, 6) is 0.133. The van der Waals surface area contributed by atoms with Crippen LogP contribution in [0, 0.1) is 13.0 Å². The molecule has 0 amide bonds. The highest BCUT2D eigenvalue weighted by Gasteiger charge is 2.19. The number of aromatic nitrogens is 1. The molecule has 27 heavy (non-hydrogen) atoms. The second-order valence-corrected chi connectivity index (χ2v) is 7.80. The molecule has 1 aliphatic carbocycles. The van der Waals surface area contributed by atoms with E-state index in [0.29, 0.717) is 17.1 Å². The molecule has 1 heterocycles. The minimum Gasteiger partial charge on any atom is -0.506 e. The molecule has 5 heteroatoms. The number of nitrogens with one attached hydrogen (secondary N) is 1. The second-order valence-electron chi connectivity index (χ2n) is 7.39. The first-order valence-corrected chi connectivity index (χ1v) is 9.71. The molecule has 1 saturated carbocycles. The largest absolute Gasteiger partial charge is 0.506 e. The van der Waals surface area contributed by atoms with Gasteiger partial charge >= 0.3 is 0 Å². The molecule has 1 aliphatic rings. The number of halogens is 1. The van der Waals surface area contributed by atoms with Crippen molar-refractivity contribution in [3.8, 4) is 16.9 Å². The van der Waals surface area contributed by atoms with Crippen molar-refractivity contribution in [2.24, 2.45) is 5.73 Å². The van der Waals surface area contributed by atoms with Crippen molar-refractivity contribution >= 4 is 28.2 Å². The molecule has 4 nitrogen and oxygen atoms in total. The van der Waals surface area contributed by atoms with Crippen molar-refractivity contribution in [2.75, 3.05) is 5.32 Å². The first kappa shape index (κ1) is 18.1. The Morgan fingerprint density at radius 2 is 1.93 bits per heavy atom. The van der Waals surface area contributed by atoms with Gasteiger partial charge in [0.15, 0.2) is 0 Å². The summed E-state index contributed by atoms with van der Waals surface area (Å²) in [5.41, 5.74) is 10.7. The Labute approximate surface area is 164 Å². The average molecular weight is 381 g/mol. The van der Waals surface area contributed by atoms with Crippen molar-refractivity contribution in [3.63, 3.8) is 0 Å². The number of nitrogens with two attached hydrogens (primary N) is 1. The lowest BCUT2D eigenvalue weighted by Gasteiger charge is -2.28. The molecule has 4 N–H and O–H groups in total. The van der Waals surface area contributed by atoms with E-state index in [1.165, 1.54) is 0 Å². The quantitative estimate of drug-likeness (QED) is 0.594. The van der Waals surface area contributed by atoms with Crippen LogP contribution in [0.1, 0.15) is 31.2 Å². The number of anilines is 1. The molecule has 0 spiro atoms. The van der Waals surface area contributed by atoms with E-state index in [0.717, 1.165) is 59.0 Å². The summed E-state index contributed by atoms with van der Waals surface area (Å²) in [6.45, 7) is 1.85. The summed E-state index contributed by atoms with van der Waals surface area (Å²) in [6, 6.07) is 13.9. The van der Waals surface area contributed by atoms with Gasteiger partial charge in [-0.1, -0.05) is 17.7 Å². The maximum absolute atomic E-state index is 9.93.